The fraction of sp³-hybridized carbons (Fsp3) is 0.364. The Kier molecular flexibility index (Phi) is 2.03. The molecule has 0 atom stereocenters. The molecular weight excluding hydrogens is 185 g/mol. The van der Waals surface area contributed by atoms with E-state index in [0.29, 0.717) is 11.3 Å². The Labute approximate surface area is 90.7 Å². The Morgan fingerprint density at radius 1 is 1.33 bits per heavy atom. The van der Waals surface area contributed by atoms with Crippen molar-refractivity contribution in [3.05, 3.63) is 23.9 Å². The minimum absolute atomic E-state index is 0.0621. The van der Waals surface area contributed by atoms with E-state index in [2.05, 4.69) is 25.9 Å². The fourth-order valence-electron chi connectivity index (χ4n) is 1.56. The van der Waals surface area contributed by atoms with Crippen LogP contribution < -0.4 is 11.2 Å². The Morgan fingerprint density at radius 2 is 2.00 bits per heavy atom. The van der Waals surface area contributed by atoms with Gasteiger partial charge in [-0.3, -0.25) is 0 Å². The van der Waals surface area contributed by atoms with Gasteiger partial charge in [-0.2, -0.15) is 5.10 Å². The van der Waals surface area contributed by atoms with E-state index < -0.39 is 0 Å². The number of aromatic nitrogens is 2. The Hall–Kier alpha value is -1.45. The van der Waals surface area contributed by atoms with Crippen molar-refractivity contribution >= 4 is 24.6 Å². The largest absolute Gasteiger partial charge is 0.384 e. The maximum absolute atomic E-state index is 5.91. The highest BCUT2D eigenvalue weighted by molar-refractivity contribution is 6.36. The molecule has 2 heterocycles. The highest BCUT2D eigenvalue weighted by atomic mass is 15.2. The van der Waals surface area contributed by atoms with Crippen LogP contribution in [0.2, 0.25) is 0 Å². The van der Waals surface area contributed by atoms with E-state index in [-0.39, 0.29) is 5.41 Å². The van der Waals surface area contributed by atoms with E-state index in [1.807, 2.05) is 12.1 Å². The average Bonchev–Trinajstić information content (AvgIpc) is 2.47. The number of anilines is 1. The monoisotopic (exact) mass is 199 g/mol. The summed E-state index contributed by atoms with van der Waals surface area (Å²) in [5.41, 5.74) is 8.68. The molecule has 2 radical (unpaired) electrons. The summed E-state index contributed by atoms with van der Waals surface area (Å²) >= 11 is 0. The number of pyridine rings is 1. The Morgan fingerprint density at radius 3 is 2.60 bits per heavy atom. The van der Waals surface area contributed by atoms with Crippen LogP contribution in [0.5, 0.6) is 0 Å². The van der Waals surface area contributed by atoms with Crippen molar-refractivity contribution in [3.63, 3.8) is 0 Å². The summed E-state index contributed by atoms with van der Waals surface area (Å²) in [6, 6.07) is 3.98. The molecular formula is C11H14BN3. The normalized spacial score (nSPS) is 12.2. The summed E-state index contributed by atoms with van der Waals surface area (Å²) in [6.45, 7) is 6.43. The third-order valence-corrected chi connectivity index (χ3v) is 2.54. The quantitative estimate of drug-likeness (QED) is 0.643. The number of nitrogens with zero attached hydrogens (tertiary/aromatic N) is 2. The zero-order valence-electron chi connectivity index (χ0n) is 9.28. The van der Waals surface area contributed by atoms with Gasteiger partial charge in [-0.25, -0.2) is 4.52 Å². The first kappa shape index (κ1) is 10.1. The van der Waals surface area contributed by atoms with E-state index in [4.69, 9.17) is 13.6 Å². The van der Waals surface area contributed by atoms with Crippen LogP contribution in [0.3, 0.4) is 0 Å². The summed E-state index contributed by atoms with van der Waals surface area (Å²) in [4.78, 5) is 0. The molecule has 76 valence electrons. The van der Waals surface area contributed by atoms with E-state index >= 15 is 0 Å². The van der Waals surface area contributed by atoms with Crippen molar-refractivity contribution in [1.29, 1.82) is 0 Å². The molecule has 0 spiro atoms. The van der Waals surface area contributed by atoms with Gasteiger partial charge in [0.25, 0.3) is 0 Å². The van der Waals surface area contributed by atoms with Crippen LogP contribution >= 0.6 is 0 Å². The highest BCUT2D eigenvalue weighted by Crippen LogP contribution is 2.24. The Balaban J connectivity index is 2.76. The maximum atomic E-state index is 5.91. The van der Waals surface area contributed by atoms with Gasteiger partial charge in [-0.1, -0.05) is 26.2 Å². The summed E-state index contributed by atoms with van der Waals surface area (Å²) < 4.78 is 1.66. The third-order valence-electron chi connectivity index (χ3n) is 2.54. The number of nitrogens with two attached hydrogens (primary N) is 1. The molecule has 0 aliphatic heterocycles. The van der Waals surface area contributed by atoms with Gasteiger partial charge in [-0.15, -0.1) is 0 Å². The van der Waals surface area contributed by atoms with Crippen molar-refractivity contribution in [2.45, 2.75) is 26.2 Å². The van der Waals surface area contributed by atoms with Crippen molar-refractivity contribution < 1.29 is 0 Å². The van der Waals surface area contributed by atoms with E-state index in [0.717, 1.165) is 5.52 Å². The van der Waals surface area contributed by atoms with E-state index in [1.165, 1.54) is 5.56 Å². The van der Waals surface area contributed by atoms with Crippen molar-refractivity contribution in [3.8, 4) is 0 Å². The first-order valence-corrected chi connectivity index (χ1v) is 4.93. The van der Waals surface area contributed by atoms with E-state index in [9.17, 15) is 0 Å². The molecule has 0 fully saturated rings. The molecule has 0 aromatic carbocycles. The predicted octanol–water partition coefficient (Wildman–Crippen LogP) is 1.01. The molecule has 0 saturated carbocycles. The number of fused-ring (bicyclic) bond motifs is 1. The SMILES string of the molecule is [B]c1cnn2c(N)cc(C(C)(C)C)cc12. The molecule has 2 aromatic rings. The second-order valence-electron chi connectivity index (χ2n) is 4.82. The lowest BCUT2D eigenvalue weighted by molar-refractivity contribution is 0.590. The molecule has 4 heteroatoms. The summed E-state index contributed by atoms with van der Waals surface area (Å²) in [7, 11) is 5.82. The zero-order chi connectivity index (χ0) is 11.2. The van der Waals surface area contributed by atoms with Crippen LogP contribution in [-0.2, 0) is 5.41 Å². The van der Waals surface area contributed by atoms with Crippen LogP contribution in [0, 0.1) is 0 Å². The molecule has 0 amide bonds. The molecule has 0 aliphatic rings. The van der Waals surface area contributed by atoms with Gasteiger partial charge in [-0.05, 0) is 23.1 Å². The molecule has 0 bridgehead atoms. The smallest absolute Gasteiger partial charge is 0.125 e. The minimum atomic E-state index is 0.0621. The van der Waals surface area contributed by atoms with Gasteiger partial charge >= 0.3 is 0 Å². The lowest BCUT2D eigenvalue weighted by atomic mass is 9.86. The van der Waals surface area contributed by atoms with Crippen LogP contribution in [-0.4, -0.2) is 17.5 Å². The number of hydrogen-bond donors (Lipinski definition) is 1. The molecule has 3 nitrogen and oxygen atoms in total. The number of nitrogen functional groups attached to an aromatic ring is 1. The zero-order valence-corrected chi connectivity index (χ0v) is 9.28. The third kappa shape index (κ3) is 1.60. The second kappa shape index (κ2) is 3.02. The van der Waals surface area contributed by atoms with Crippen LogP contribution in [0.1, 0.15) is 26.3 Å². The molecule has 0 aliphatic carbocycles. The van der Waals surface area contributed by atoms with Gasteiger partial charge in [0, 0.05) is 6.20 Å². The van der Waals surface area contributed by atoms with Gasteiger partial charge in [0.05, 0.1) is 5.52 Å². The summed E-state index contributed by atoms with van der Waals surface area (Å²) in [6.07, 6.45) is 1.62. The first-order chi connectivity index (χ1) is 6.89. The van der Waals surface area contributed by atoms with Crippen LogP contribution in [0.15, 0.2) is 18.3 Å². The average molecular weight is 199 g/mol. The predicted molar refractivity (Wildman–Crippen MR) is 63.7 cm³/mol. The highest BCUT2D eigenvalue weighted by Gasteiger charge is 2.16. The van der Waals surface area contributed by atoms with Crippen LogP contribution in [0.25, 0.3) is 5.52 Å². The second-order valence-corrected chi connectivity index (χ2v) is 4.82. The number of hydrogen-bond acceptors (Lipinski definition) is 2. The van der Waals surface area contributed by atoms with Gasteiger partial charge < -0.3 is 5.73 Å². The topological polar surface area (TPSA) is 43.3 Å². The van der Waals surface area contributed by atoms with Crippen molar-refractivity contribution in [2.24, 2.45) is 0 Å². The molecule has 0 saturated heterocycles. The summed E-state index contributed by atoms with van der Waals surface area (Å²) in [5, 5.41) is 4.11. The maximum Gasteiger partial charge on any atom is 0.125 e. The van der Waals surface area contributed by atoms with Gasteiger partial charge in [0.15, 0.2) is 0 Å². The summed E-state index contributed by atoms with van der Waals surface area (Å²) in [5.74, 6) is 0.620. The standard InChI is InChI=1S/C11H14BN3/c1-11(2,3)7-4-9-8(12)6-14-15(9)10(13)5-7/h4-6H,13H2,1-3H3. The molecule has 2 N–H and O–H groups in total. The molecule has 2 aromatic heterocycles. The fourth-order valence-corrected chi connectivity index (χ4v) is 1.56. The first-order valence-electron chi connectivity index (χ1n) is 4.93. The Bertz CT molecular complexity index is 508. The molecule has 15 heavy (non-hydrogen) atoms. The number of rotatable bonds is 0. The van der Waals surface area contributed by atoms with Crippen molar-refractivity contribution in [1.82, 2.24) is 9.61 Å². The van der Waals surface area contributed by atoms with E-state index in [1.54, 1.807) is 10.7 Å². The van der Waals surface area contributed by atoms with Crippen LogP contribution in [0.4, 0.5) is 5.82 Å². The van der Waals surface area contributed by atoms with Crippen molar-refractivity contribution in [2.75, 3.05) is 5.73 Å². The lowest BCUT2D eigenvalue weighted by Crippen LogP contribution is -2.14. The lowest BCUT2D eigenvalue weighted by Gasteiger charge is -2.20. The minimum Gasteiger partial charge on any atom is -0.384 e. The van der Waals surface area contributed by atoms with Gasteiger partial charge in [0.2, 0.25) is 0 Å². The molecule has 0 unspecified atom stereocenters. The molecule has 2 rings (SSSR count). The van der Waals surface area contributed by atoms with Gasteiger partial charge in [0.1, 0.15) is 13.7 Å².